The lowest BCUT2D eigenvalue weighted by atomic mass is 9.98. The molecule has 5 rings (SSSR count). The second-order valence-electron chi connectivity index (χ2n) is 9.41. The smallest absolute Gasteiger partial charge is 0.407 e. The molecule has 0 spiro atoms. The molecule has 3 N–H and O–H groups in total. The molecule has 0 radical (unpaired) electrons. The number of β-amino-alcohol motifs (C(OH)–C–C–N with tert-alkyl or cyclic N) is 1. The number of carbonyl (C=O) groups excluding carboxylic acids is 2. The zero-order valence-corrected chi connectivity index (χ0v) is 18.7. The minimum atomic E-state index is -1.10. The van der Waals surface area contributed by atoms with Gasteiger partial charge in [0.15, 0.2) is 0 Å². The molecule has 2 aromatic rings. The Labute approximate surface area is 197 Å². The van der Waals surface area contributed by atoms with Crippen molar-refractivity contribution in [2.24, 2.45) is 5.92 Å². The SMILES string of the molecule is O=C(N[C@H]1CC[C@@H](C(=O)N2CC(O)CC2C(=O)O)C1)OCC1c2ccccc2-c2ccccc21. The number of amides is 2. The average Bonchev–Trinajstić information content (AvgIpc) is 3.53. The normalized spacial score (nSPS) is 25.6. The van der Waals surface area contributed by atoms with Crippen molar-refractivity contribution >= 4 is 18.0 Å². The van der Waals surface area contributed by atoms with E-state index in [2.05, 4.69) is 29.6 Å². The maximum absolute atomic E-state index is 12.9. The quantitative estimate of drug-likeness (QED) is 0.627. The highest BCUT2D eigenvalue weighted by Crippen LogP contribution is 2.44. The first-order valence-corrected chi connectivity index (χ1v) is 11.7. The van der Waals surface area contributed by atoms with E-state index in [1.807, 2.05) is 24.3 Å². The fraction of sp³-hybridized carbons (Fsp3) is 0.423. The van der Waals surface area contributed by atoms with Crippen molar-refractivity contribution in [3.8, 4) is 11.1 Å². The molecule has 2 aromatic carbocycles. The van der Waals surface area contributed by atoms with Gasteiger partial charge in [0.1, 0.15) is 12.6 Å². The van der Waals surface area contributed by atoms with E-state index in [0.717, 1.165) is 22.3 Å². The number of rotatable bonds is 5. The summed E-state index contributed by atoms with van der Waals surface area (Å²) < 4.78 is 5.60. The van der Waals surface area contributed by atoms with Gasteiger partial charge in [0.2, 0.25) is 5.91 Å². The summed E-state index contributed by atoms with van der Waals surface area (Å²) in [5, 5.41) is 22.1. The van der Waals surface area contributed by atoms with Crippen molar-refractivity contribution in [2.75, 3.05) is 13.2 Å². The number of hydrogen-bond acceptors (Lipinski definition) is 5. The van der Waals surface area contributed by atoms with E-state index in [0.29, 0.717) is 19.3 Å². The summed E-state index contributed by atoms with van der Waals surface area (Å²) in [5.74, 6) is -1.76. The number of nitrogens with zero attached hydrogens (tertiary/aromatic N) is 1. The average molecular weight is 465 g/mol. The standard InChI is InChI=1S/C26H28N2O6/c29-17-12-23(25(31)32)28(13-17)24(30)15-9-10-16(11-15)27-26(33)34-14-22-20-7-3-1-5-18(20)19-6-2-4-8-21(19)22/h1-8,15-17,22-23,29H,9-14H2,(H,27,33)(H,31,32)/t15-,16+,17?,23?/m1/s1. The van der Waals surface area contributed by atoms with Crippen LogP contribution in [0.3, 0.4) is 0 Å². The number of likely N-dealkylation sites (tertiary alicyclic amines) is 1. The van der Waals surface area contributed by atoms with Crippen LogP contribution in [0.4, 0.5) is 4.79 Å². The third-order valence-electron chi connectivity index (χ3n) is 7.29. The van der Waals surface area contributed by atoms with E-state index < -0.39 is 24.2 Å². The molecule has 2 unspecified atom stereocenters. The Bertz CT molecular complexity index is 1070. The number of alkyl carbamates (subject to hydrolysis) is 1. The summed E-state index contributed by atoms with van der Waals surface area (Å²) in [4.78, 5) is 38.2. The Morgan fingerprint density at radius 2 is 1.62 bits per heavy atom. The van der Waals surface area contributed by atoms with Gasteiger partial charge in [0.25, 0.3) is 0 Å². The summed E-state index contributed by atoms with van der Waals surface area (Å²) in [5.41, 5.74) is 4.61. The highest BCUT2D eigenvalue weighted by Gasteiger charge is 2.43. The number of nitrogens with one attached hydrogen (secondary N) is 1. The fourth-order valence-electron chi connectivity index (χ4n) is 5.67. The van der Waals surface area contributed by atoms with Crippen LogP contribution in [-0.2, 0) is 14.3 Å². The predicted molar refractivity (Wildman–Crippen MR) is 123 cm³/mol. The van der Waals surface area contributed by atoms with Gasteiger partial charge in [0.05, 0.1) is 6.10 Å². The molecule has 0 bridgehead atoms. The maximum Gasteiger partial charge on any atom is 0.407 e. The summed E-state index contributed by atoms with van der Waals surface area (Å²) in [7, 11) is 0. The molecule has 1 saturated carbocycles. The fourth-order valence-corrected chi connectivity index (χ4v) is 5.67. The lowest BCUT2D eigenvalue weighted by Crippen LogP contribution is -2.43. The van der Waals surface area contributed by atoms with Crippen molar-refractivity contribution in [1.82, 2.24) is 10.2 Å². The van der Waals surface area contributed by atoms with Crippen LogP contribution in [0.1, 0.15) is 42.7 Å². The number of hydrogen-bond donors (Lipinski definition) is 3. The number of carboxylic acid groups (broad SMARTS) is 1. The van der Waals surface area contributed by atoms with Gasteiger partial charge in [-0.1, -0.05) is 48.5 Å². The molecule has 34 heavy (non-hydrogen) atoms. The molecular formula is C26H28N2O6. The second kappa shape index (κ2) is 9.10. The molecular weight excluding hydrogens is 436 g/mol. The number of carboxylic acids is 1. The van der Waals surface area contributed by atoms with Crippen LogP contribution in [0.15, 0.2) is 48.5 Å². The van der Waals surface area contributed by atoms with Crippen LogP contribution in [-0.4, -0.2) is 64.4 Å². The van der Waals surface area contributed by atoms with E-state index in [1.165, 1.54) is 4.90 Å². The van der Waals surface area contributed by atoms with Gasteiger partial charge in [-0.25, -0.2) is 9.59 Å². The first kappa shape index (κ1) is 22.4. The third kappa shape index (κ3) is 4.14. The molecule has 1 saturated heterocycles. The highest BCUT2D eigenvalue weighted by molar-refractivity contribution is 5.86. The van der Waals surface area contributed by atoms with Crippen LogP contribution in [0, 0.1) is 5.92 Å². The highest BCUT2D eigenvalue weighted by atomic mass is 16.5. The summed E-state index contributed by atoms with van der Waals surface area (Å²) in [6.07, 6.45) is 0.332. The Kier molecular flexibility index (Phi) is 6.00. The van der Waals surface area contributed by atoms with Gasteiger partial charge >= 0.3 is 12.1 Å². The molecule has 178 valence electrons. The summed E-state index contributed by atoms with van der Waals surface area (Å²) >= 11 is 0. The Balaban J connectivity index is 1.16. The van der Waals surface area contributed by atoms with Gasteiger partial charge < -0.3 is 25.2 Å². The number of carbonyl (C=O) groups is 3. The lowest BCUT2D eigenvalue weighted by Gasteiger charge is -2.24. The first-order chi connectivity index (χ1) is 16.4. The molecule has 2 aliphatic carbocycles. The van der Waals surface area contributed by atoms with E-state index >= 15 is 0 Å². The van der Waals surface area contributed by atoms with Crippen LogP contribution in [0.2, 0.25) is 0 Å². The number of fused-ring (bicyclic) bond motifs is 3. The van der Waals surface area contributed by atoms with Crippen LogP contribution in [0.25, 0.3) is 11.1 Å². The van der Waals surface area contributed by atoms with Crippen LogP contribution in [0.5, 0.6) is 0 Å². The first-order valence-electron chi connectivity index (χ1n) is 11.7. The molecule has 2 fully saturated rings. The maximum atomic E-state index is 12.9. The number of benzene rings is 2. The van der Waals surface area contributed by atoms with Gasteiger partial charge in [-0.2, -0.15) is 0 Å². The van der Waals surface area contributed by atoms with E-state index in [1.54, 1.807) is 0 Å². The van der Waals surface area contributed by atoms with Gasteiger partial charge in [-0.05, 0) is 41.5 Å². The molecule has 0 aromatic heterocycles. The van der Waals surface area contributed by atoms with Gasteiger partial charge in [-0.15, -0.1) is 0 Å². The molecule has 4 atom stereocenters. The van der Waals surface area contributed by atoms with Crippen LogP contribution >= 0.6 is 0 Å². The van der Waals surface area contributed by atoms with Crippen molar-refractivity contribution < 1.29 is 29.3 Å². The zero-order valence-electron chi connectivity index (χ0n) is 18.7. The van der Waals surface area contributed by atoms with Crippen molar-refractivity contribution in [1.29, 1.82) is 0 Å². The monoisotopic (exact) mass is 464 g/mol. The number of aliphatic hydroxyl groups is 1. The van der Waals surface area contributed by atoms with E-state index in [4.69, 9.17) is 4.74 Å². The minimum absolute atomic E-state index is 0.0226. The molecule has 8 nitrogen and oxygen atoms in total. The van der Waals surface area contributed by atoms with Crippen molar-refractivity contribution in [2.45, 2.75) is 49.8 Å². The third-order valence-corrected chi connectivity index (χ3v) is 7.29. The largest absolute Gasteiger partial charge is 0.480 e. The topological polar surface area (TPSA) is 116 Å². The summed E-state index contributed by atoms with van der Waals surface area (Å²) in [6.45, 7) is 0.262. The molecule has 3 aliphatic rings. The van der Waals surface area contributed by atoms with Crippen LogP contribution < -0.4 is 5.32 Å². The second-order valence-corrected chi connectivity index (χ2v) is 9.41. The molecule has 1 aliphatic heterocycles. The van der Waals surface area contributed by atoms with Crippen molar-refractivity contribution in [3.63, 3.8) is 0 Å². The Hall–Kier alpha value is -3.39. The van der Waals surface area contributed by atoms with E-state index in [-0.39, 0.29) is 43.4 Å². The zero-order chi connectivity index (χ0) is 23.8. The Morgan fingerprint density at radius 3 is 2.26 bits per heavy atom. The molecule has 1 heterocycles. The Morgan fingerprint density at radius 1 is 0.971 bits per heavy atom. The molecule has 2 amide bonds. The lowest BCUT2D eigenvalue weighted by molar-refractivity contribution is -0.149. The van der Waals surface area contributed by atoms with Gasteiger partial charge in [0, 0.05) is 30.8 Å². The molecule has 8 heteroatoms. The van der Waals surface area contributed by atoms with Gasteiger partial charge in [-0.3, -0.25) is 4.79 Å². The number of ether oxygens (including phenoxy) is 1. The number of aliphatic carboxylic acids is 1. The van der Waals surface area contributed by atoms with Crippen molar-refractivity contribution in [3.05, 3.63) is 59.7 Å². The predicted octanol–water partition coefficient (Wildman–Crippen LogP) is 2.74. The van der Waals surface area contributed by atoms with E-state index in [9.17, 15) is 24.6 Å². The minimum Gasteiger partial charge on any atom is -0.480 e. The summed E-state index contributed by atoms with van der Waals surface area (Å²) in [6, 6.07) is 15.1. The number of aliphatic hydroxyl groups excluding tert-OH is 1.